The summed E-state index contributed by atoms with van der Waals surface area (Å²) in [4.78, 5) is 11.8. The lowest BCUT2D eigenvalue weighted by molar-refractivity contribution is 0.262. The Morgan fingerprint density at radius 3 is 2.79 bits per heavy atom. The zero-order chi connectivity index (χ0) is 13.8. The van der Waals surface area contributed by atoms with Gasteiger partial charge in [-0.25, -0.2) is 4.79 Å². The van der Waals surface area contributed by atoms with Gasteiger partial charge in [-0.3, -0.25) is 4.68 Å². The Bertz CT molecular complexity index is 592. The summed E-state index contributed by atoms with van der Waals surface area (Å²) in [5.74, 6) is 0.690. The maximum atomic E-state index is 11.8. The van der Waals surface area contributed by atoms with E-state index >= 15 is 0 Å². The Morgan fingerprint density at radius 2 is 2.16 bits per heavy atom. The minimum absolute atomic E-state index is 0.315. The molecule has 0 spiro atoms. The van der Waals surface area contributed by atoms with Gasteiger partial charge in [-0.15, -0.1) is 0 Å². The highest BCUT2D eigenvalue weighted by atomic mass is 16.5. The van der Waals surface area contributed by atoms with Gasteiger partial charge >= 0.3 is 6.03 Å². The molecule has 0 aliphatic rings. The van der Waals surface area contributed by atoms with E-state index in [2.05, 4.69) is 15.7 Å². The molecular formula is C13H16N4O2. The molecule has 2 N–H and O–H groups in total. The Hall–Kier alpha value is -2.50. The molecule has 0 radical (unpaired) electrons. The molecule has 100 valence electrons. The van der Waals surface area contributed by atoms with Gasteiger partial charge < -0.3 is 15.4 Å². The van der Waals surface area contributed by atoms with Crippen molar-refractivity contribution in [3.05, 3.63) is 36.2 Å². The molecule has 0 saturated heterocycles. The van der Waals surface area contributed by atoms with Crippen LogP contribution < -0.4 is 15.4 Å². The highest BCUT2D eigenvalue weighted by molar-refractivity contribution is 6.00. The molecule has 0 bridgehead atoms. The van der Waals surface area contributed by atoms with Crippen LogP contribution in [0, 0.1) is 6.92 Å². The smallest absolute Gasteiger partial charge is 0.323 e. The Labute approximate surface area is 111 Å². The van der Waals surface area contributed by atoms with Gasteiger partial charge in [0.15, 0.2) is 0 Å². The molecule has 19 heavy (non-hydrogen) atoms. The summed E-state index contributed by atoms with van der Waals surface area (Å²) in [5, 5.41) is 9.63. The van der Waals surface area contributed by atoms with Gasteiger partial charge in [0.2, 0.25) is 0 Å². The fourth-order valence-corrected chi connectivity index (χ4v) is 1.71. The Kier molecular flexibility index (Phi) is 3.70. The predicted octanol–water partition coefficient (Wildman–Crippen LogP) is 2.38. The minimum atomic E-state index is -0.315. The van der Waals surface area contributed by atoms with E-state index in [9.17, 15) is 4.79 Å². The van der Waals surface area contributed by atoms with Crippen molar-refractivity contribution in [2.45, 2.75) is 6.92 Å². The lowest BCUT2D eigenvalue weighted by Gasteiger charge is -2.07. The molecule has 1 aromatic heterocycles. The van der Waals surface area contributed by atoms with E-state index in [1.165, 1.54) is 0 Å². The van der Waals surface area contributed by atoms with Crippen molar-refractivity contribution in [2.75, 3.05) is 17.7 Å². The highest BCUT2D eigenvalue weighted by Crippen LogP contribution is 2.17. The summed E-state index contributed by atoms with van der Waals surface area (Å²) in [5.41, 5.74) is 2.12. The summed E-state index contributed by atoms with van der Waals surface area (Å²) < 4.78 is 6.74. The fraction of sp³-hybridized carbons (Fsp3) is 0.231. The average Bonchev–Trinajstić information content (AvgIpc) is 2.68. The molecule has 0 fully saturated rings. The van der Waals surface area contributed by atoms with E-state index in [1.54, 1.807) is 37.2 Å². The van der Waals surface area contributed by atoms with Crippen molar-refractivity contribution in [3.8, 4) is 5.75 Å². The maximum absolute atomic E-state index is 11.8. The van der Waals surface area contributed by atoms with Crippen LogP contribution in [0.1, 0.15) is 5.69 Å². The van der Waals surface area contributed by atoms with E-state index in [4.69, 9.17) is 4.74 Å². The number of nitrogens with zero attached hydrogens (tertiary/aromatic N) is 2. The standard InChI is InChI=1S/C13H16N4O2/c1-9-12(8-17(2)16-9)15-13(18)14-10-5-4-6-11(7-10)19-3/h4-8H,1-3H3,(H2,14,15,18). The zero-order valence-corrected chi connectivity index (χ0v) is 11.1. The van der Waals surface area contributed by atoms with Crippen LogP contribution in [-0.2, 0) is 7.05 Å². The van der Waals surface area contributed by atoms with Crippen molar-refractivity contribution >= 4 is 17.4 Å². The summed E-state index contributed by atoms with van der Waals surface area (Å²) in [6.07, 6.45) is 1.75. The average molecular weight is 260 g/mol. The SMILES string of the molecule is COc1cccc(NC(=O)Nc2cn(C)nc2C)c1. The van der Waals surface area contributed by atoms with Gasteiger partial charge in [-0.2, -0.15) is 5.10 Å². The van der Waals surface area contributed by atoms with Crippen molar-refractivity contribution in [3.63, 3.8) is 0 Å². The summed E-state index contributed by atoms with van der Waals surface area (Å²) in [6.45, 7) is 1.83. The number of hydrogen-bond acceptors (Lipinski definition) is 3. The lowest BCUT2D eigenvalue weighted by atomic mass is 10.3. The third-order valence-corrected chi connectivity index (χ3v) is 2.59. The van der Waals surface area contributed by atoms with E-state index in [-0.39, 0.29) is 6.03 Å². The number of ether oxygens (including phenoxy) is 1. The van der Waals surface area contributed by atoms with Crippen LogP contribution in [0.5, 0.6) is 5.75 Å². The summed E-state index contributed by atoms with van der Waals surface area (Å²) >= 11 is 0. The van der Waals surface area contributed by atoms with Gasteiger partial charge in [0, 0.05) is 25.0 Å². The normalized spacial score (nSPS) is 10.1. The minimum Gasteiger partial charge on any atom is -0.497 e. The number of aromatic nitrogens is 2. The molecular weight excluding hydrogens is 244 g/mol. The first-order valence-electron chi connectivity index (χ1n) is 5.81. The molecule has 0 saturated carbocycles. The molecule has 2 rings (SSSR count). The molecule has 1 aromatic carbocycles. The van der Waals surface area contributed by atoms with Gasteiger partial charge in [0.25, 0.3) is 0 Å². The van der Waals surface area contributed by atoms with Gasteiger partial charge in [-0.05, 0) is 19.1 Å². The quantitative estimate of drug-likeness (QED) is 0.890. The number of aryl methyl sites for hydroxylation is 2. The number of benzene rings is 1. The van der Waals surface area contributed by atoms with Gasteiger partial charge in [-0.1, -0.05) is 6.07 Å². The first-order valence-corrected chi connectivity index (χ1v) is 5.81. The number of anilines is 2. The molecule has 6 nitrogen and oxygen atoms in total. The highest BCUT2D eigenvalue weighted by Gasteiger charge is 2.08. The zero-order valence-electron chi connectivity index (χ0n) is 11.1. The number of amides is 2. The summed E-state index contributed by atoms with van der Waals surface area (Å²) in [7, 11) is 3.39. The lowest BCUT2D eigenvalue weighted by Crippen LogP contribution is -2.19. The molecule has 2 amide bonds. The van der Waals surface area contributed by atoms with E-state index < -0.39 is 0 Å². The van der Waals surface area contributed by atoms with Crippen LogP contribution in [0.3, 0.4) is 0 Å². The van der Waals surface area contributed by atoms with Crippen molar-refractivity contribution < 1.29 is 9.53 Å². The van der Waals surface area contributed by atoms with E-state index in [0.717, 1.165) is 5.69 Å². The predicted molar refractivity (Wildman–Crippen MR) is 73.6 cm³/mol. The molecule has 0 atom stereocenters. The third kappa shape index (κ3) is 3.25. The number of urea groups is 1. The largest absolute Gasteiger partial charge is 0.497 e. The first kappa shape index (κ1) is 12.9. The van der Waals surface area contributed by atoms with Crippen LogP contribution in [-0.4, -0.2) is 22.9 Å². The van der Waals surface area contributed by atoms with E-state index in [1.807, 2.05) is 19.1 Å². The number of carbonyl (C=O) groups is 1. The number of methoxy groups -OCH3 is 1. The maximum Gasteiger partial charge on any atom is 0.323 e. The molecule has 0 aliphatic heterocycles. The third-order valence-electron chi connectivity index (χ3n) is 2.59. The van der Waals surface area contributed by atoms with Crippen molar-refractivity contribution in [1.29, 1.82) is 0 Å². The van der Waals surface area contributed by atoms with Gasteiger partial charge in [0.05, 0.1) is 18.5 Å². The molecule has 1 heterocycles. The van der Waals surface area contributed by atoms with Crippen LogP contribution >= 0.6 is 0 Å². The van der Waals surface area contributed by atoms with E-state index in [0.29, 0.717) is 17.1 Å². The first-order chi connectivity index (χ1) is 9.08. The monoisotopic (exact) mass is 260 g/mol. The number of nitrogens with one attached hydrogen (secondary N) is 2. The van der Waals surface area contributed by atoms with Gasteiger partial charge in [0.1, 0.15) is 5.75 Å². The Balaban J connectivity index is 2.03. The van der Waals surface area contributed by atoms with Crippen LogP contribution in [0.25, 0.3) is 0 Å². The second-order valence-corrected chi connectivity index (χ2v) is 4.11. The second kappa shape index (κ2) is 5.43. The van der Waals surface area contributed by atoms with Crippen LogP contribution in [0.4, 0.5) is 16.2 Å². The number of hydrogen-bond donors (Lipinski definition) is 2. The molecule has 0 aliphatic carbocycles. The molecule has 2 aromatic rings. The van der Waals surface area contributed by atoms with Crippen molar-refractivity contribution in [1.82, 2.24) is 9.78 Å². The topological polar surface area (TPSA) is 68.2 Å². The van der Waals surface area contributed by atoms with Crippen LogP contribution in [0.2, 0.25) is 0 Å². The molecule has 0 unspecified atom stereocenters. The summed E-state index contributed by atoms with van der Waals surface area (Å²) in [6, 6.07) is 6.84. The second-order valence-electron chi connectivity index (χ2n) is 4.11. The molecule has 6 heteroatoms. The number of rotatable bonds is 3. The van der Waals surface area contributed by atoms with Crippen LogP contribution in [0.15, 0.2) is 30.5 Å². The Morgan fingerprint density at radius 1 is 1.37 bits per heavy atom. The fourth-order valence-electron chi connectivity index (χ4n) is 1.71. The number of carbonyl (C=O) groups excluding carboxylic acids is 1. The van der Waals surface area contributed by atoms with Crippen molar-refractivity contribution in [2.24, 2.45) is 7.05 Å².